The van der Waals surface area contributed by atoms with E-state index in [1.807, 2.05) is 0 Å². The van der Waals surface area contributed by atoms with Crippen molar-refractivity contribution in [2.75, 3.05) is 26.2 Å². The van der Waals surface area contributed by atoms with Crippen LogP contribution in [0, 0.1) is 0 Å². The third kappa shape index (κ3) is 3.25. The fourth-order valence-electron chi connectivity index (χ4n) is 2.03. The Balaban J connectivity index is 2.49. The average molecular weight is 186 g/mol. The number of rotatable bonds is 3. The minimum Gasteiger partial charge on any atom is -0.368 e. The Morgan fingerprint density at radius 1 is 1.54 bits per heavy atom. The first-order valence-corrected chi connectivity index (χ1v) is 5.17. The molecule has 0 amide bonds. The molecule has 0 bridgehead atoms. The van der Waals surface area contributed by atoms with Gasteiger partial charge >= 0.3 is 0 Å². The Kier molecular flexibility index (Phi) is 3.71. The molecule has 1 unspecified atom stereocenters. The van der Waals surface area contributed by atoms with Crippen molar-refractivity contribution in [3.8, 4) is 0 Å². The maximum Gasteiger partial charge on any atom is 0.0831 e. The predicted molar refractivity (Wildman–Crippen MR) is 54.7 cm³/mol. The largest absolute Gasteiger partial charge is 0.368 e. The molecule has 1 atom stereocenters. The van der Waals surface area contributed by atoms with Crippen molar-refractivity contribution >= 4 is 0 Å². The average Bonchev–Trinajstić information content (AvgIpc) is 2.02. The molecule has 0 radical (unpaired) electrons. The topological polar surface area (TPSA) is 38.5 Å². The number of ether oxygens (including phenoxy) is 1. The van der Waals surface area contributed by atoms with Gasteiger partial charge in [-0.1, -0.05) is 6.92 Å². The molecule has 3 heteroatoms. The van der Waals surface area contributed by atoms with Crippen LogP contribution in [0.1, 0.15) is 27.2 Å². The molecule has 13 heavy (non-hydrogen) atoms. The third-order valence-corrected chi connectivity index (χ3v) is 2.35. The molecule has 3 nitrogen and oxygen atoms in total. The lowest BCUT2D eigenvalue weighted by atomic mass is 10.1. The van der Waals surface area contributed by atoms with E-state index in [-0.39, 0.29) is 11.7 Å². The summed E-state index contributed by atoms with van der Waals surface area (Å²) in [5.41, 5.74) is 5.60. The van der Waals surface area contributed by atoms with E-state index < -0.39 is 0 Å². The van der Waals surface area contributed by atoms with E-state index in [2.05, 4.69) is 25.7 Å². The highest BCUT2D eigenvalue weighted by Crippen LogP contribution is 2.20. The van der Waals surface area contributed by atoms with E-state index in [1.165, 1.54) is 6.42 Å². The quantitative estimate of drug-likeness (QED) is 0.709. The van der Waals surface area contributed by atoms with Gasteiger partial charge in [-0.05, 0) is 26.8 Å². The molecule has 1 heterocycles. The summed E-state index contributed by atoms with van der Waals surface area (Å²) < 4.78 is 5.83. The van der Waals surface area contributed by atoms with Crippen LogP contribution >= 0.6 is 0 Å². The van der Waals surface area contributed by atoms with E-state index in [9.17, 15) is 0 Å². The SMILES string of the molecule is CCCN1CC(CN)OC(C)(C)C1. The molecule has 1 saturated heterocycles. The summed E-state index contributed by atoms with van der Waals surface area (Å²) in [7, 11) is 0. The molecule has 78 valence electrons. The Labute approximate surface area is 81.2 Å². The highest BCUT2D eigenvalue weighted by atomic mass is 16.5. The zero-order valence-corrected chi connectivity index (χ0v) is 9.05. The van der Waals surface area contributed by atoms with Gasteiger partial charge in [0.25, 0.3) is 0 Å². The van der Waals surface area contributed by atoms with Gasteiger partial charge in [0, 0.05) is 19.6 Å². The van der Waals surface area contributed by atoms with E-state index in [0.717, 1.165) is 19.6 Å². The molecular weight excluding hydrogens is 164 g/mol. The van der Waals surface area contributed by atoms with Crippen LogP contribution in [0.2, 0.25) is 0 Å². The highest BCUT2D eigenvalue weighted by molar-refractivity contribution is 4.84. The van der Waals surface area contributed by atoms with Crippen LogP contribution in [-0.2, 0) is 4.74 Å². The summed E-state index contributed by atoms with van der Waals surface area (Å²) in [6.45, 7) is 10.3. The molecule has 0 aliphatic carbocycles. The van der Waals surface area contributed by atoms with Gasteiger partial charge in [0.2, 0.25) is 0 Å². The Bertz CT molecular complexity index is 159. The van der Waals surface area contributed by atoms with Crippen LogP contribution in [0.5, 0.6) is 0 Å². The molecule has 0 aromatic carbocycles. The van der Waals surface area contributed by atoms with Gasteiger partial charge < -0.3 is 10.5 Å². The number of morpholine rings is 1. The molecule has 1 aliphatic heterocycles. The molecule has 0 aromatic heterocycles. The summed E-state index contributed by atoms with van der Waals surface area (Å²) in [5.74, 6) is 0. The third-order valence-electron chi connectivity index (χ3n) is 2.35. The summed E-state index contributed by atoms with van der Waals surface area (Å²) >= 11 is 0. The van der Waals surface area contributed by atoms with Crippen LogP contribution < -0.4 is 5.73 Å². The normalized spacial score (nSPS) is 29.1. The van der Waals surface area contributed by atoms with E-state index in [4.69, 9.17) is 10.5 Å². The first-order valence-electron chi connectivity index (χ1n) is 5.17. The van der Waals surface area contributed by atoms with Crippen LogP contribution in [0.3, 0.4) is 0 Å². The minimum atomic E-state index is -0.0303. The Hall–Kier alpha value is -0.120. The van der Waals surface area contributed by atoms with Crippen LogP contribution in [0.15, 0.2) is 0 Å². The lowest BCUT2D eigenvalue weighted by molar-refractivity contribution is -0.131. The van der Waals surface area contributed by atoms with Gasteiger partial charge in [0.1, 0.15) is 0 Å². The van der Waals surface area contributed by atoms with Crippen molar-refractivity contribution in [1.29, 1.82) is 0 Å². The monoisotopic (exact) mass is 186 g/mol. The predicted octanol–water partition coefficient (Wildman–Crippen LogP) is 0.834. The van der Waals surface area contributed by atoms with Gasteiger partial charge in [0.15, 0.2) is 0 Å². The molecular formula is C10H22N2O. The zero-order chi connectivity index (χ0) is 9.90. The van der Waals surface area contributed by atoms with E-state index >= 15 is 0 Å². The van der Waals surface area contributed by atoms with Crippen LogP contribution in [0.4, 0.5) is 0 Å². The fourth-order valence-corrected chi connectivity index (χ4v) is 2.03. The van der Waals surface area contributed by atoms with E-state index in [1.54, 1.807) is 0 Å². The van der Waals surface area contributed by atoms with Crippen molar-refractivity contribution in [1.82, 2.24) is 4.90 Å². The number of hydrogen-bond donors (Lipinski definition) is 1. The fraction of sp³-hybridized carbons (Fsp3) is 1.00. The maximum absolute atomic E-state index is 5.83. The second kappa shape index (κ2) is 4.40. The Morgan fingerprint density at radius 3 is 2.77 bits per heavy atom. The van der Waals surface area contributed by atoms with Crippen LogP contribution in [0.25, 0.3) is 0 Å². The van der Waals surface area contributed by atoms with E-state index in [0.29, 0.717) is 6.54 Å². The lowest BCUT2D eigenvalue weighted by Crippen LogP contribution is -2.54. The maximum atomic E-state index is 5.83. The van der Waals surface area contributed by atoms with Crippen molar-refractivity contribution in [2.24, 2.45) is 5.73 Å². The van der Waals surface area contributed by atoms with Crippen molar-refractivity contribution in [2.45, 2.75) is 38.9 Å². The summed E-state index contributed by atoms with van der Waals surface area (Å²) in [4.78, 5) is 2.45. The second-order valence-electron chi connectivity index (χ2n) is 4.47. The van der Waals surface area contributed by atoms with Crippen molar-refractivity contribution < 1.29 is 4.74 Å². The standard InChI is InChI=1S/C10H22N2O/c1-4-5-12-7-9(6-11)13-10(2,3)8-12/h9H,4-8,11H2,1-3H3. The molecule has 1 rings (SSSR count). The molecule has 0 aromatic rings. The summed E-state index contributed by atoms with van der Waals surface area (Å²) in [6.07, 6.45) is 1.42. The van der Waals surface area contributed by atoms with Gasteiger partial charge in [0.05, 0.1) is 11.7 Å². The summed E-state index contributed by atoms with van der Waals surface area (Å²) in [6, 6.07) is 0. The first-order chi connectivity index (χ1) is 6.07. The van der Waals surface area contributed by atoms with Gasteiger partial charge in [-0.15, -0.1) is 0 Å². The zero-order valence-electron chi connectivity index (χ0n) is 9.05. The van der Waals surface area contributed by atoms with Gasteiger partial charge in [-0.25, -0.2) is 0 Å². The van der Waals surface area contributed by atoms with Crippen molar-refractivity contribution in [3.63, 3.8) is 0 Å². The summed E-state index contributed by atoms with van der Waals surface area (Å²) in [5, 5.41) is 0. The molecule has 0 saturated carbocycles. The second-order valence-corrected chi connectivity index (χ2v) is 4.47. The smallest absolute Gasteiger partial charge is 0.0831 e. The minimum absolute atomic E-state index is 0.0303. The van der Waals surface area contributed by atoms with Gasteiger partial charge in [-0.3, -0.25) is 4.90 Å². The van der Waals surface area contributed by atoms with Crippen molar-refractivity contribution in [3.05, 3.63) is 0 Å². The molecule has 2 N–H and O–H groups in total. The van der Waals surface area contributed by atoms with Gasteiger partial charge in [-0.2, -0.15) is 0 Å². The first kappa shape index (κ1) is 11.0. The number of nitrogens with zero attached hydrogens (tertiary/aromatic N) is 1. The van der Waals surface area contributed by atoms with Crippen LogP contribution in [-0.4, -0.2) is 42.8 Å². The Morgan fingerprint density at radius 2 is 2.23 bits per heavy atom. The lowest BCUT2D eigenvalue weighted by Gasteiger charge is -2.42. The number of hydrogen-bond acceptors (Lipinski definition) is 3. The molecule has 1 fully saturated rings. The number of nitrogens with two attached hydrogens (primary N) is 1. The molecule has 1 aliphatic rings. The molecule has 0 spiro atoms. The highest BCUT2D eigenvalue weighted by Gasteiger charge is 2.31.